The number of aliphatic carboxylic acids is 1. The lowest BCUT2D eigenvalue weighted by Crippen LogP contribution is -2.53. The molecule has 0 saturated heterocycles. The van der Waals surface area contributed by atoms with Crippen LogP contribution in [0.2, 0.25) is 0 Å². The summed E-state index contributed by atoms with van der Waals surface area (Å²) >= 11 is 0. The molecule has 0 heterocycles. The van der Waals surface area contributed by atoms with Crippen molar-refractivity contribution in [1.29, 1.82) is 0 Å². The van der Waals surface area contributed by atoms with Gasteiger partial charge in [0.15, 0.2) is 0 Å². The lowest BCUT2D eigenvalue weighted by atomic mass is 9.80. The monoisotopic (exact) mass is 1340 g/mol. The highest BCUT2D eigenvalue weighted by Crippen LogP contribution is 2.30. The predicted molar refractivity (Wildman–Crippen MR) is 337 cm³/mol. The highest BCUT2D eigenvalue weighted by molar-refractivity contribution is 5.86. The van der Waals surface area contributed by atoms with Gasteiger partial charge in [-0.15, -0.1) is 12.4 Å². The number of Topliss-reactive ketones (excluding diaryl/α,β-unsaturated/α-hetero) is 1. The first-order chi connectivity index (χ1) is 41.3. The van der Waals surface area contributed by atoms with Gasteiger partial charge in [0.1, 0.15) is 35.7 Å². The molecule has 0 bridgehead atoms. The fourth-order valence-corrected chi connectivity index (χ4v) is 6.69. The number of hydrogen-bond acceptors (Lipinski definition) is 22. The van der Waals surface area contributed by atoms with Gasteiger partial charge in [0.05, 0.1) is 0 Å². The summed E-state index contributed by atoms with van der Waals surface area (Å²) in [6.07, 6.45) is 5.99. The number of nitrogens with two attached hydrogens (primary N) is 1. The van der Waals surface area contributed by atoms with E-state index in [-0.39, 0.29) is 126 Å². The molecule has 0 aliphatic heterocycles. The van der Waals surface area contributed by atoms with E-state index in [2.05, 4.69) is 125 Å². The normalized spacial score (nSPS) is 12.1. The molecule has 1 rings (SSSR count). The molecule has 0 saturated carbocycles. The van der Waals surface area contributed by atoms with Gasteiger partial charge in [-0.05, 0) is 126 Å². The number of hydrogen-bond donors (Lipinski definition) is 7. The third-order valence-corrected chi connectivity index (χ3v) is 11.5. The summed E-state index contributed by atoms with van der Waals surface area (Å²) in [5, 5.41) is 27.2. The lowest BCUT2D eigenvalue weighted by molar-refractivity contribution is -0.193. The summed E-state index contributed by atoms with van der Waals surface area (Å²) < 4.78 is 15.9. The highest BCUT2D eigenvalue weighted by atomic mass is 35.5. The maximum atomic E-state index is 12.6. The van der Waals surface area contributed by atoms with Crippen molar-refractivity contribution in [3.8, 4) is 0 Å². The average molecular weight is 1340 g/mol. The molecule has 5 atom stereocenters. The number of halogens is 1. The largest absolute Gasteiger partial charge is 0.481 e. The van der Waals surface area contributed by atoms with Crippen molar-refractivity contribution in [2.75, 3.05) is 7.11 Å². The van der Waals surface area contributed by atoms with Crippen LogP contribution >= 0.6 is 12.4 Å². The number of rotatable bonds is 21. The van der Waals surface area contributed by atoms with E-state index in [1.807, 2.05) is 30.3 Å². The van der Waals surface area contributed by atoms with Crippen LogP contribution in [0.3, 0.4) is 0 Å². The van der Waals surface area contributed by atoms with Gasteiger partial charge >= 0.3 is 66.7 Å². The lowest BCUT2D eigenvalue weighted by Gasteiger charge is -2.34. The molecule has 5 unspecified atom stereocenters. The van der Waals surface area contributed by atoms with Crippen molar-refractivity contribution in [3.05, 3.63) is 35.9 Å². The molecule has 0 radical (unpaired) electrons. The van der Waals surface area contributed by atoms with Gasteiger partial charge in [-0.25, -0.2) is 19.2 Å². The van der Waals surface area contributed by atoms with Crippen LogP contribution in [0.4, 0.5) is 9.59 Å². The number of ketones is 1. The number of carbonyl (C=O) groups is 7. The number of urea groups is 2. The Labute approximate surface area is 550 Å². The Kier molecular flexibility index (Phi) is 61.8. The smallest absolute Gasteiger partial charge is 0.373 e. The molecule has 530 valence electrons. The molecule has 28 heteroatoms. The van der Waals surface area contributed by atoms with Crippen LogP contribution < -0.4 is 27.0 Å². The molecule has 1 aromatic rings. The minimum Gasteiger partial charge on any atom is -0.481 e. The Morgan fingerprint density at radius 3 is 1.02 bits per heavy atom. The summed E-state index contributed by atoms with van der Waals surface area (Å²) in [6, 6.07) is 6.78. The van der Waals surface area contributed by atoms with Gasteiger partial charge < -0.3 is 56.2 Å². The number of carboxylic acid groups (broad SMARTS) is 1. The first-order valence-corrected chi connectivity index (χ1v) is 29.0. The second-order valence-corrected chi connectivity index (χ2v) is 27.7. The predicted octanol–water partition coefficient (Wildman–Crippen LogP) is 8.70. The molecule has 0 spiro atoms. The topological polar surface area (TPSA) is 432 Å². The van der Waals surface area contributed by atoms with Gasteiger partial charge in [-0.3, -0.25) is 9.59 Å². The number of carboxylic acids is 1. The molecule has 27 nitrogen and oxygen atoms in total. The first kappa shape index (κ1) is 103. The second-order valence-electron chi connectivity index (χ2n) is 27.7. The van der Waals surface area contributed by atoms with Gasteiger partial charge in [0.25, 0.3) is 0 Å². The zero-order valence-corrected chi connectivity index (χ0v) is 59.4. The molecule has 0 fully saturated rings. The van der Waals surface area contributed by atoms with Crippen molar-refractivity contribution in [1.82, 2.24) is 21.3 Å². The Hall–Kier alpha value is -7.58. The fraction of sp³-hybridized carbons (Fsp3) is 0.719. The number of esters is 3. The maximum Gasteiger partial charge on any atom is 0.373 e. The molecule has 92 heavy (non-hydrogen) atoms. The molecule has 0 aromatic heterocycles. The highest BCUT2D eigenvalue weighted by Gasteiger charge is 2.33. The van der Waals surface area contributed by atoms with E-state index in [9.17, 15) is 33.6 Å². The molecule has 0 aliphatic rings. The van der Waals surface area contributed by atoms with Crippen molar-refractivity contribution >= 4 is 84.9 Å². The Morgan fingerprint density at radius 1 is 0.467 bits per heavy atom. The fourth-order valence-electron chi connectivity index (χ4n) is 6.69. The van der Waals surface area contributed by atoms with Crippen LogP contribution in [0.25, 0.3) is 0 Å². The number of ether oxygens (including phenoxy) is 3. The number of benzene rings is 1. The van der Waals surface area contributed by atoms with E-state index >= 15 is 0 Å². The van der Waals surface area contributed by atoms with Crippen LogP contribution in [0, 0.1) is 27.1 Å². The number of aliphatic hydroxyl groups is 1. The van der Waals surface area contributed by atoms with Crippen LogP contribution in [0.5, 0.6) is 0 Å². The summed E-state index contributed by atoms with van der Waals surface area (Å²) in [7, 11) is 1.00. The molecular weight excluding hydrogens is 1230 g/mol. The summed E-state index contributed by atoms with van der Waals surface area (Å²) in [5.41, 5.74) is 5.67. The summed E-state index contributed by atoms with van der Waals surface area (Å²) in [6.45, 7) is 43.9. The molecule has 8 N–H and O–H groups in total. The molecule has 1 aromatic carbocycles. The van der Waals surface area contributed by atoms with Crippen LogP contribution in [-0.4, -0.2) is 131 Å². The van der Waals surface area contributed by atoms with Gasteiger partial charge in [-0.2, -0.15) is 47.9 Å². The van der Waals surface area contributed by atoms with E-state index in [1.54, 1.807) is 41.5 Å². The molecule has 4 amide bonds. The van der Waals surface area contributed by atoms with Gasteiger partial charge in [0.2, 0.25) is 0 Å². The SMILES string of the molecule is CC(=O)CCC(NC(=O)NC(CCC(C)(C)C)C(C)(C)C)C(=O)OC(C)(C)C.CC(C)(C)C(N)CCC(=O)OCc1ccccc1.CC(C)(C)CCC(NC(=O)NC(CCC(=O)O)C(=O)OC(C)(C)C)C(C)(C)C.CO.Cl.O=C=O.O=C=O.O=C=O.O=C=O.O=C=O. The number of carbonyl (C=O) groups excluding carboxylic acids is 16. The van der Waals surface area contributed by atoms with Crippen LogP contribution in [-0.2, 0) is 92.7 Å². The number of aliphatic hydroxyl groups excluding tert-OH is 1. The standard InChI is InChI=1S/C22H42N2O4.C21H40N2O5.C15H23NO2.5CO2.CH4O.ClH/c1-15(25)11-12-16(18(26)28-22(8,9)10)23-19(27)24-17(21(5,6)7)13-14-20(2,3)4;1-19(2,3)13-12-15(20(4,5)6)23-18(27)22-14(10-11-16(24)25)17(26)28-21(7,8)9;1-15(2,3)13(16)9-10-14(17)18-11-12-7-5-4-6-8-12;5*2-1-3;1-2;/h16-17H,11-14H2,1-10H3,(H2,23,24,27);14-15H,10-13H2,1-9H3,(H,24,25)(H2,22,23,27);4-8,13H,9-11,16H2,1-3H3;;;;;;2H,1H3;1H. The number of amides is 4. The Bertz CT molecular complexity index is 2210. The van der Waals surface area contributed by atoms with E-state index < -0.39 is 53.3 Å². The molecular formula is C64H110ClN5O22. The average Bonchev–Trinajstić information content (AvgIpc) is 3.60. The van der Waals surface area contributed by atoms with Crippen molar-refractivity contribution in [3.63, 3.8) is 0 Å². The first-order valence-electron chi connectivity index (χ1n) is 29.0. The van der Waals surface area contributed by atoms with Gasteiger partial charge in [-0.1, -0.05) is 134 Å². The summed E-state index contributed by atoms with van der Waals surface area (Å²) in [5.74, 6) is -2.41. The zero-order chi connectivity index (χ0) is 73.8. The number of nitrogens with one attached hydrogen (secondary N) is 4. The van der Waals surface area contributed by atoms with E-state index in [4.69, 9.17) is 78.1 Å². The van der Waals surface area contributed by atoms with Crippen LogP contribution in [0.1, 0.15) is 222 Å². The third kappa shape index (κ3) is 76.7. The van der Waals surface area contributed by atoms with Crippen molar-refractivity contribution < 1.29 is 106 Å². The minimum absolute atomic E-state index is 0. The van der Waals surface area contributed by atoms with Crippen molar-refractivity contribution in [2.45, 2.75) is 265 Å². The Morgan fingerprint density at radius 2 is 0.772 bits per heavy atom. The minimum atomic E-state index is -1.03. The van der Waals surface area contributed by atoms with E-state index in [0.717, 1.165) is 38.4 Å². The second kappa shape index (κ2) is 55.1. The maximum absolute atomic E-state index is 12.6. The van der Waals surface area contributed by atoms with Crippen molar-refractivity contribution in [2.24, 2.45) is 32.8 Å². The van der Waals surface area contributed by atoms with Crippen LogP contribution in [0.15, 0.2) is 30.3 Å². The third-order valence-electron chi connectivity index (χ3n) is 11.5. The van der Waals surface area contributed by atoms with E-state index in [0.29, 0.717) is 19.4 Å². The van der Waals surface area contributed by atoms with E-state index in [1.165, 1.54) is 6.92 Å². The zero-order valence-electron chi connectivity index (χ0n) is 58.6. The quantitative estimate of drug-likeness (QED) is 0.0446. The van der Waals surface area contributed by atoms with Gasteiger partial charge in [0, 0.05) is 44.5 Å². The molecule has 0 aliphatic carbocycles. The Balaban J connectivity index is -0.000000144. The summed E-state index contributed by atoms with van der Waals surface area (Å²) in [4.78, 5) is 165.